The Kier molecular flexibility index (Phi) is 3.06. The number of hydrogen-bond donors (Lipinski definition) is 2. The van der Waals surface area contributed by atoms with E-state index in [-0.39, 0.29) is 0 Å². The zero-order valence-electron chi connectivity index (χ0n) is 13.6. The molecule has 3 heterocycles. The number of imidazole rings is 1. The lowest BCUT2D eigenvalue weighted by Crippen LogP contribution is -2.05. The minimum absolute atomic E-state index is 0.523. The number of nitrogens with two attached hydrogens (primary N) is 1. The van der Waals surface area contributed by atoms with Crippen molar-refractivity contribution in [2.45, 2.75) is 19.4 Å². The van der Waals surface area contributed by atoms with E-state index in [1.165, 1.54) is 12.8 Å². The van der Waals surface area contributed by atoms with E-state index in [0.717, 1.165) is 40.4 Å². The number of nitrogen functional groups attached to an aromatic ring is 1. The summed E-state index contributed by atoms with van der Waals surface area (Å²) < 4.78 is 2.01. The highest BCUT2D eigenvalue weighted by Crippen LogP contribution is 2.33. The van der Waals surface area contributed by atoms with E-state index in [4.69, 9.17) is 10.7 Å². The summed E-state index contributed by atoms with van der Waals surface area (Å²) in [6.07, 6.45) is 2.50. The van der Waals surface area contributed by atoms with Gasteiger partial charge in [0.25, 0.3) is 0 Å². The number of rotatable bonds is 4. The van der Waals surface area contributed by atoms with Gasteiger partial charge in [-0.2, -0.15) is 15.4 Å². The van der Waals surface area contributed by atoms with E-state index in [9.17, 15) is 0 Å². The molecular weight excluding hydrogens is 314 g/mol. The first kappa shape index (κ1) is 14.2. The molecule has 0 amide bonds. The van der Waals surface area contributed by atoms with Crippen molar-refractivity contribution in [1.82, 2.24) is 29.9 Å². The van der Waals surface area contributed by atoms with Gasteiger partial charge < -0.3 is 5.73 Å². The number of benzene rings is 1. The molecule has 3 aromatic heterocycles. The molecule has 0 saturated heterocycles. The van der Waals surface area contributed by atoms with Crippen LogP contribution in [0.25, 0.3) is 33.8 Å². The Bertz CT molecular complexity index is 1040. The van der Waals surface area contributed by atoms with Crippen LogP contribution in [-0.2, 0) is 6.54 Å². The minimum Gasteiger partial charge on any atom is -0.369 e. The monoisotopic (exact) mass is 331 g/mol. The Morgan fingerprint density at radius 1 is 1.00 bits per heavy atom. The molecule has 0 aliphatic heterocycles. The summed E-state index contributed by atoms with van der Waals surface area (Å²) in [5.74, 6) is 1.21. The van der Waals surface area contributed by atoms with Crippen molar-refractivity contribution in [3.8, 4) is 22.6 Å². The molecule has 0 radical (unpaired) electrons. The van der Waals surface area contributed by atoms with E-state index < -0.39 is 0 Å². The van der Waals surface area contributed by atoms with Gasteiger partial charge in [-0.05, 0) is 30.9 Å². The van der Waals surface area contributed by atoms with Crippen LogP contribution in [0.1, 0.15) is 12.8 Å². The van der Waals surface area contributed by atoms with Crippen molar-refractivity contribution in [2.75, 3.05) is 5.73 Å². The van der Waals surface area contributed by atoms with Crippen LogP contribution in [0.3, 0.4) is 0 Å². The lowest BCUT2D eigenvalue weighted by molar-refractivity contribution is 0.646. The lowest BCUT2D eigenvalue weighted by atomic mass is 10.1. The average molecular weight is 331 g/mol. The fourth-order valence-corrected chi connectivity index (χ4v) is 3.10. The number of fused-ring (bicyclic) bond motifs is 1. The topological polar surface area (TPSA) is 98.3 Å². The van der Waals surface area contributed by atoms with Crippen LogP contribution in [0.2, 0.25) is 0 Å². The third-order valence-corrected chi connectivity index (χ3v) is 4.60. The van der Waals surface area contributed by atoms with Gasteiger partial charge in [0.1, 0.15) is 16.9 Å². The van der Waals surface area contributed by atoms with Gasteiger partial charge in [0.15, 0.2) is 5.65 Å². The Balaban J connectivity index is 1.63. The Morgan fingerprint density at radius 2 is 1.80 bits per heavy atom. The molecule has 25 heavy (non-hydrogen) atoms. The summed E-state index contributed by atoms with van der Waals surface area (Å²) in [4.78, 5) is 9.23. The maximum atomic E-state index is 6.10. The van der Waals surface area contributed by atoms with Crippen molar-refractivity contribution in [1.29, 1.82) is 0 Å². The van der Waals surface area contributed by atoms with Crippen LogP contribution in [0.15, 0.2) is 42.5 Å². The fraction of sp³-hybridized carbons (Fsp3) is 0.222. The summed E-state index contributed by atoms with van der Waals surface area (Å²) in [5.41, 5.74) is 11.0. The number of aromatic amines is 1. The van der Waals surface area contributed by atoms with Crippen LogP contribution in [0.5, 0.6) is 0 Å². The summed E-state index contributed by atoms with van der Waals surface area (Å²) in [6, 6.07) is 13.8. The standard InChI is InChI=1S/C18H17N7/c19-18-21-14-9-8-13(20-17(14)25(18)10-11-6-7-11)16-15(22-24-23-16)12-4-2-1-3-5-12/h1-5,8-9,11H,6-7,10H2,(H2,19,21)(H,22,23,24). The highest BCUT2D eigenvalue weighted by molar-refractivity contribution is 5.81. The molecular formula is C18H17N7. The first-order chi connectivity index (χ1) is 12.3. The second-order valence-corrected chi connectivity index (χ2v) is 6.45. The van der Waals surface area contributed by atoms with Crippen LogP contribution < -0.4 is 5.73 Å². The van der Waals surface area contributed by atoms with Gasteiger partial charge in [0, 0.05) is 12.1 Å². The van der Waals surface area contributed by atoms with Gasteiger partial charge in [-0.15, -0.1) is 0 Å². The molecule has 0 spiro atoms. The third kappa shape index (κ3) is 2.44. The molecule has 5 rings (SSSR count). The van der Waals surface area contributed by atoms with Gasteiger partial charge in [-0.3, -0.25) is 4.57 Å². The molecule has 3 N–H and O–H groups in total. The van der Waals surface area contributed by atoms with Crippen LogP contribution in [-0.4, -0.2) is 29.9 Å². The normalized spacial score (nSPS) is 14.2. The van der Waals surface area contributed by atoms with Gasteiger partial charge >= 0.3 is 0 Å². The molecule has 7 heteroatoms. The highest BCUT2D eigenvalue weighted by atomic mass is 15.3. The van der Waals surface area contributed by atoms with Crippen molar-refractivity contribution < 1.29 is 0 Å². The summed E-state index contributed by atoms with van der Waals surface area (Å²) >= 11 is 0. The van der Waals surface area contributed by atoms with Crippen LogP contribution in [0, 0.1) is 5.92 Å². The summed E-state index contributed by atoms with van der Waals surface area (Å²) in [6.45, 7) is 0.878. The summed E-state index contributed by atoms with van der Waals surface area (Å²) in [7, 11) is 0. The lowest BCUT2D eigenvalue weighted by Gasteiger charge is -2.05. The van der Waals surface area contributed by atoms with Gasteiger partial charge in [-0.1, -0.05) is 30.3 Å². The molecule has 0 bridgehead atoms. The largest absolute Gasteiger partial charge is 0.369 e. The molecule has 0 unspecified atom stereocenters. The number of H-pyrrole nitrogens is 1. The molecule has 1 aliphatic rings. The smallest absolute Gasteiger partial charge is 0.202 e. The third-order valence-electron chi connectivity index (χ3n) is 4.60. The maximum absolute atomic E-state index is 6.10. The first-order valence-corrected chi connectivity index (χ1v) is 8.39. The zero-order chi connectivity index (χ0) is 16.8. The molecule has 1 aliphatic carbocycles. The molecule has 7 nitrogen and oxygen atoms in total. The number of anilines is 1. The average Bonchev–Trinajstić information content (AvgIpc) is 3.23. The molecule has 0 atom stereocenters. The predicted octanol–water partition coefficient (Wildman–Crippen LogP) is 2.88. The minimum atomic E-state index is 0.523. The number of pyridine rings is 1. The number of aromatic nitrogens is 6. The summed E-state index contributed by atoms with van der Waals surface area (Å²) in [5, 5.41) is 11.3. The van der Waals surface area contributed by atoms with Crippen molar-refractivity contribution in [3.05, 3.63) is 42.5 Å². The Labute approximate surface area is 143 Å². The van der Waals surface area contributed by atoms with E-state index in [0.29, 0.717) is 11.9 Å². The maximum Gasteiger partial charge on any atom is 0.202 e. The molecule has 1 aromatic carbocycles. The van der Waals surface area contributed by atoms with Gasteiger partial charge in [0.2, 0.25) is 5.95 Å². The predicted molar refractivity (Wildman–Crippen MR) is 95.5 cm³/mol. The number of nitrogens with one attached hydrogen (secondary N) is 1. The van der Waals surface area contributed by atoms with Crippen molar-refractivity contribution in [3.63, 3.8) is 0 Å². The zero-order valence-corrected chi connectivity index (χ0v) is 13.6. The highest BCUT2D eigenvalue weighted by Gasteiger charge is 2.24. The van der Waals surface area contributed by atoms with E-state index >= 15 is 0 Å². The first-order valence-electron chi connectivity index (χ1n) is 8.39. The molecule has 4 aromatic rings. The number of nitrogens with zero attached hydrogens (tertiary/aromatic N) is 5. The SMILES string of the molecule is Nc1nc2ccc(-c3n[nH]nc3-c3ccccc3)nc2n1CC1CC1. The number of hydrogen-bond acceptors (Lipinski definition) is 5. The quantitative estimate of drug-likeness (QED) is 0.599. The van der Waals surface area contributed by atoms with Crippen LogP contribution in [0.4, 0.5) is 5.95 Å². The Hall–Kier alpha value is -3.22. The van der Waals surface area contributed by atoms with E-state index in [1.54, 1.807) is 0 Å². The molecule has 1 fully saturated rings. The van der Waals surface area contributed by atoms with E-state index in [1.807, 2.05) is 47.0 Å². The van der Waals surface area contributed by atoms with E-state index in [2.05, 4.69) is 20.4 Å². The fourth-order valence-electron chi connectivity index (χ4n) is 3.10. The second-order valence-electron chi connectivity index (χ2n) is 6.45. The van der Waals surface area contributed by atoms with Crippen molar-refractivity contribution >= 4 is 17.1 Å². The van der Waals surface area contributed by atoms with Crippen LogP contribution >= 0.6 is 0 Å². The van der Waals surface area contributed by atoms with Crippen molar-refractivity contribution in [2.24, 2.45) is 5.92 Å². The second kappa shape index (κ2) is 5.41. The molecule has 1 saturated carbocycles. The Morgan fingerprint density at radius 3 is 2.60 bits per heavy atom. The van der Waals surface area contributed by atoms with Gasteiger partial charge in [-0.25, -0.2) is 9.97 Å². The van der Waals surface area contributed by atoms with Gasteiger partial charge in [0.05, 0.1) is 5.69 Å². The molecule has 124 valence electrons.